The van der Waals surface area contributed by atoms with E-state index in [1.807, 2.05) is 34.4 Å². The molecule has 7 heteroatoms. The van der Waals surface area contributed by atoms with Crippen LogP contribution in [0.25, 0.3) is 10.8 Å². The minimum absolute atomic E-state index is 0.186. The summed E-state index contributed by atoms with van der Waals surface area (Å²) in [5, 5.41) is 6.15. The molecule has 3 heterocycles. The van der Waals surface area contributed by atoms with Crippen LogP contribution in [0.5, 0.6) is 0 Å². The van der Waals surface area contributed by atoms with Gasteiger partial charge < -0.3 is 14.6 Å². The monoisotopic (exact) mass is 320 g/mol. The number of carbonyl (C=O) groups is 1. The van der Waals surface area contributed by atoms with E-state index in [4.69, 9.17) is 4.42 Å². The molecule has 2 aromatic rings. The topological polar surface area (TPSA) is 61.6 Å². The van der Waals surface area contributed by atoms with E-state index >= 15 is 0 Å². The summed E-state index contributed by atoms with van der Waals surface area (Å²) in [5.74, 6) is 0.973. The quantitative estimate of drug-likeness (QED) is 0.899. The molecule has 0 bridgehead atoms. The summed E-state index contributed by atoms with van der Waals surface area (Å²) in [6, 6.07) is 3.76. The molecule has 1 aliphatic heterocycles. The van der Waals surface area contributed by atoms with Gasteiger partial charge in [-0.05, 0) is 19.2 Å². The third-order valence-electron chi connectivity index (χ3n) is 3.59. The molecule has 0 spiro atoms. The Labute approximate surface area is 133 Å². The number of nitrogens with zero attached hydrogens (tertiary/aromatic N) is 3. The number of amides is 1. The van der Waals surface area contributed by atoms with E-state index in [1.54, 1.807) is 17.6 Å². The lowest BCUT2D eigenvalue weighted by atomic mass is 10.3. The third-order valence-corrected chi connectivity index (χ3v) is 4.50. The van der Waals surface area contributed by atoms with Crippen LogP contribution >= 0.6 is 11.3 Å². The Kier molecular flexibility index (Phi) is 4.87. The number of aromatic nitrogens is 1. The summed E-state index contributed by atoms with van der Waals surface area (Å²) in [6.07, 6.45) is 1.65. The summed E-state index contributed by atoms with van der Waals surface area (Å²) in [5.41, 5.74) is 0.965. The summed E-state index contributed by atoms with van der Waals surface area (Å²) in [7, 11) is 1.95. The van der Waals surface area contributed by atoms with Crippen LogP contribution in [0.15, 0.2) is 28.2 Å². The number of piperazine rings is 1. The normalized spacial score (nSPS) is 15.5. The highest BCUT2D eigenvalue weighted by Gasteiger charge is 2.18. The first-order valence-electron chi connectivity index (χ1n) is 7.37. The largest absolute Gasteiger partial charge is 0.462 e. The first kappa shape index (κ1) is 15.2. The molecule has 0 atom stereocenters. The van der Waals surface area contributed by atoms with Crippen LogP contribution in [0.3, 0.4) is 0 Å². The van der Waals surface area contributed by atoms with Gasteiger partial charge in [-0.15, -0.1) is 11.3 Å². The minimum atomic E-state index is 0.186. The molecule has 1 saturated heterocycles. The maximum atomic E-state index is 12.2. The number of carbonyl (C=O) groups excluding carboxylic acids is 1. The lowest BCUT2D eigenvalue weighted by Gasteiger charge is -2.29. The van der Waals surface area contributed by atoms with E-state index in [0.29, 0.717) is 13.1 Å². The fourth-order valence-corrected chi connectivity index (χ4v) is 3.25. The zero-order valence-corrected chi connectivity index (χ0v) is 13.4. The first-order valence-corrected chi connectivity index (χ1v) is 8.25. The van der Waals surface area contributed by atoms with Crippen LogP contribution in [0.2, 0.25) is 0 Å². The number of furan rings is 1. The highest BCUT2D eigenvalue weighted by atomic mass is 32.1. The van der Waals surface area contributed by atoms with Gasteiger partial charge in [-0.25, -0.2) is 4.98 Å². The third kappa shape index (κ3) is 3.73. The van der Waals surface area contributed by atoms with Crippen LogP contribution in [0, 0.1) is 0 Å². The van der Waals surface area contributed by atoms with Gasteiger partial charge in [0.15, 0.2) is 10.8 Å². The SMILES string of the molecule is CN(CC(=O)N1CCNCC1)Cc1csc(-c2ccco2)n1. The van der Waals surface area contributed by atoms with Crippen molar-refractivity contribution in [1.82, 2.24) is 20.1 Å². The average Bonchev–Trinajstić information content (AvgIpc) is 3.19. The van der Waals surface area contributed by atoms with Crippen LogP contribution in [-0.2, 0) is 11.3 Å². The second-order valence-corrected chi connectivity index (χ2v) is 6.28. The van der Waals surface area contributed by atoms with Crippen molar-refractivity contribution in [3.05, 3.63) is 29.5 Å². The van der Waals surface area contributed by atoms with E-state index in [0.717, 1.165) is 42.6 Å². The fourth-order valence-electron chi connectivity index (χ4n) is 2.47. The van der Waals surface area contributed by atoms with E-state index in [1.165, 1.54) is 0 Å². The van der Waals surface area contributed by atoms with Crippen LogP contribution in [-0.4, -0.2) is 60.5 Å². The summed E-state index contributed by atoms with van der Waals surface area (Å²) in [4.78, 5) is 20.7. The van der Waals surface area contributed by atoms with Crippen molar-refractivity contribution >= 4 is 17.2 Å². The number of thiazole rings is 1. The maximum absolute atomic E-state index is 12.2. The van der Waals surface area contributed by atoms with Crippen molar-refractivity contribution in [1.29, 1.82) is 0 Å². The highest BCUT2D eigenvalue weighted by Crippen LogP contribution is 2.24. The molecule has 1 fully saturated rings. The molecule has 118 valence electrons. The van der Waals surface area contributed by atoms with E-state index in [-0.39, 0.29) is 5.91 Å². The first-order chi connectivity index (χ1) is 10.7. The molecule has 0 aliphatic carbocycles. The van der Waals surface area contributed by atoms with Crippen molar-refractivity contribution in [2.24, 2.45) is 0 Å². The van der Waals surface area contributed by atoms with Crippen molar-refractivity contribution in [3.8, 4) is 10.8 Å². The summed E-state index contributed by atoms with van der Waals surface area (Å²) < 4.78 is 5.35. The maximum Gasteiger partial charge on any atom is 0.236 e. The molecule has 0 unspecified atom stereocenters. The Morgan fingerprint density at radius 1 is 1.50 bits per heavy atom. The van der Waals surface area contributed by atoms with Gasteiger partial charge in [0.1, 0.15) is 0 Å². The minimum Gasteiger partial charge on any atom is -0.462 e. The van der Waals surface area contributed by atoms with Crippen molar-refractivity contribution in [2.75, 3.05) is 39.8 Å². The molecule has 1 amide bonds. The number of hydrogen-bond acceptors (Lipinski definition) is 6. The molecular formula is C15H20N4O2S. The van der Waals surface area contributed by atoms with Gasteiger partial charge in [0.25, 0.3) is 0 Å². The molecule has 2 aromatic heterocycles. The van der Waals surface area contributed by atoms with Crippen LogP contribution in [0.4, 0.5) is 0 Å². The molecule has 1 N–H and O–H groups in total. The zero-order valence-electron chi connectivity index (χ0n) is 12.6. The predicted molar refractivity (Wildman–Crippen MR) is 85.6 cm³/mol. The standard InChI is InChI=1S/C15H20N4O2S/c1-18(10-14(20)19-6-4-16-5-7-19)9-12-11-22-15(17-12)13-3-2-8-21-13/h2-3,8,11,16H,4-7,9-10H2,1H3. The molecular weight excluding hydrogens is 300 g/mol. The van der Waals surface area contributed by atoms with Gasteiger partial charge in [-0.3, -0.25) is 9.69 Å². The van der Waals surface area contributed by atoms with Crippen molar-refractivity contribution < 1.29 is 9.21 Å². The highest BCUT2D eigenvalue weighted by molar-refractivity contribution is 7.13. The summed E-state index contributed by atoms with van der Waals surface area (Å²) in [6.45, 7) is 4.45. The van der Waals surface area contributed by atoms with Gasteiger partial charge in [0.05, 0.1) is 18.5 Å². The predicted octanol–water partition coefficient (Wildman–Crippen LogP) is 1.27. The number of hydrogen-bond donors (Lipinski definition) is 1. The molecule has 22 heavy (non-hydrogen) atoms. The van der Waals surface area contributed by atoms with Gasteiger partial charge in [0.2, 0.25) is 5.91 Å². The molecule has 0 saturated carbocycles. The zero-order chi connectivity index (χ0) is 15.4. The van der Waals surface area contributed by atoms with Crippen molar-refractivity contribution in [3.63, 3.8) is 0 Å². The number of likely N-dealkylation sites (N-methyl/N-ethyl adjacent to an activating group) is 1. The second-order valence-electron chi connectivity index (χ2n) is 5.42. The Morgan fingerprint density at radius 3 is 3.05 bits per heavy atom. The molecule has 1 aliphatic rings. The molecule has 0 aromatic carbocycles. The number of nitrogens with one attached hydrogen (secondary N) is 1. The lowest BCUT2D eigenvalue weighted by molar-refractivity contribution is -0.132. The smallest absolute Gasteiger partial charge is 0.236 e. The van der Waals surface area contributed by atoms with Gasteiger partial charge in [-0.1, -0.05) is 0 Å². The van der Waals surface area contributed by atoms with E-state index in [9.17, 15) is 4.79 Å². The Bertz CT molecular complexity index is 605. The Balaban J connectivity index is 1.53. The molecule has 6 nitrogen and oxygen atoms in total. The van der Waals surface area contributed by atoms with E-state index < -0.39 is 0 Å². The van der Waals surface area contributed by atoms with Crippen LogP contribution < -0.4 is 5.32 Å². The second kappa shape index (κ2) is 7.04. The number of rotatable bonds is 5. The van der Waals surface area contributed by atoms with Gasteiger partial charge >= 0.3 is 0 Å². The summed E-state index contributed by atoms with van der Waals surface area (Å²) >= 11 is 1.56. The average molecular weight is 320 g/mol. The fraction of sp³-hybridized carbons (Fsp3) is 0.467. The lowest BCUT2D eigenvalue weighted by Crippen LogP contribution is -2.49. The molecule has 3 rings (SSSR count). The van der Waals surface area contributed by atoms with Gasteiger partial charge in [-0.2, -0.15) is 0 Å². The van der Waals surface area contributed by atoms with Crippen molar-refractivity contribution in [2.45, 2.75) is 6.54 Å². The van der Waals surface area contributed by atoms with Crippen LogP contribution in [0.1, 0.15) is 5.69 Å². The Hall–Kier alpha value is -1.70. The van der Waals surface area contributed by atoms with E-state index in [2.05, 4.69) is 10.3 Å². The Morgan fingerprint density at radius 2 is 2.32 bits per heavy atom. The van der Waals surface area contributed by atoms with Gasteiger partial charge in [0, 0.05) is 38.1 Å². The molecule has 0 radical (unpaired) electrons.